The van der Waals surface area contributed by atoms with Crippen molar-refractivity contribution < 1.29 is 58.8 Å². The Morgan fingerprint density at radius 1 is 0.437 bits per heavy atom. The van der Waals surface area contributed by atoms with Gasteiger partial charge in [-0.25, -0.2) is 0 Å². The first-order chi connectivity index (χ1) is 33.9. The van der Waals surface area contributed by atoms with Crippen LogP contribution in [0.5, 0.6) is 23.0 Å². The summed E-state index contributed by atoms with van der Waals surface area (Å²) in [5.41, 5.74) is 20.6. The molecule has 0 aliphatic carbocycles. The molecule has 0 aromatic heterocycles. The van der Waals surface area contributed by atoms with Crippen LogP contribution in [0.2, 0.25) is 0 Å². The molecular weight excluding hydrogens is 957 g/mol. The first kappa shape index (κ1) is 56.1. The number of carbonyl (C=O) groups excluding carboxylic acids is 8. The number of hydrazine groups is 4. The second-order valence-corrected chi connectivity index (χ2v) is 19.1. The zero-order valence-corrected chi connectivity index (χ0v) is 41.4. The lowest BCUT2D eigenvalue weighted by atomic mass is 10.00. The van der Waals surface area contributed by atoms with Gasteiger partial charge in [0.25, 0.3) is 35.4 Å². The third-order valence-electron chi connectivity index (χ3n) is 10.6. The topological polar surface area (TPSA) is 314 Å². The maximum absolute atomic E-state index is 13.0. The molecule has 4 aromatic carbocycles. The third kappa shape index (κ3) is 18.1. The fourth-order valence-corrected chi connectivity index (χ4v) is 8.23. The SMILES string of the molecule is CCCCc1ccc(C(=O)NNC(=O)C(C)SCCC(=O)NNC(=O)c2cc(Cc3ccc(O)c(C(=O)NNC(=O)CCSC(C)C(=O)NNC(=O)c4ccc(CCCC)cc4O)c3)ccc2O)c(O)c1. The van der Waals surface area contributed by atoms with E-state index >= 15 is 0 Å². The lowest BCUT2D eigenvalue weighted by Gasteiger charge is -2.14. The van der Waals surface area contributed by atoms with Crippen molar-refractivity contribution in [3.05, 3.63) is 117 Å². The van der Waals surface area contributed by atoms with E-state index in [4.69, 9.17) is 0 Å². The Labute approximate surface area is 419 Å². The van der Waals surface area contributed by atoms with Crippen molar-refractivity contribution in [2.24, 2.45) is 0 Å². The summed E-state index contributed by atoms with van der Waals surface area (Å²) < 4.78 is 0. The maximum Gasteiger partial charge on any atom is 0.273 e. The van der Waals surface area contributed by atoms with Crippen LogP contribution in [-0.4, -0.2) is 89.7 Å². The number of rotatable bonds is 22. The Hall–Kier alpha value is -7.46. The molecule has 12 N–H and O–H groups in total. The summed E-state index contributed by atoms with van der Waals surface area (Å²) in [5.74, 6) is -6.18. The second kappa shape index (κ2) is 28.3. The number of phenols is 4. The van der Waals surface area contributed by atoms with E-state index < -0.39 is 57.8 Å². The predicted octanol–water partition coefficient (Wildman–Crippen LogP) is 4.25. The molecule has 0 aliphatic rings. The van der Waals surface area contributed by atoms with Crippen molar-refractivity contribution in [3.8, 4) is 23.0 Å². The van der Waals surface area contributed by atoms with Gasteiger partial charge in [-0.2, -0.15) is 0 Å². The smallest absolute Gasteiger partial charge is 0.273 e. The van der Waals surface area contributed by atoms with Crippen LogP contribution in [0.4, 0.5) is 0 Å². The molecule has 4 aromatic rings. The van der Waals surface area contributed by atoms with Gasteiger partial charge in [-0.3, -0.25) is 81.8 Å². The molecule has 20 nitrogen and oxygen atoms in total. The van der Waals surface area contributed by atoms with Gasteiger partial charge in [0.2, 0.25) is 11.8 Å². The standard InChI is InChI=1S/C49H60N8O12S2/c1-5-7-9-30-11-15-34(40(60)26-30)46(66)56-52-44(64)28(3)70-21-19-42(62)50-54-48(68)36-24-32(13-17-38(36)58)23-33-14-18-39(59)37(25-33)49(69)55-51-43(63)20-22-71-29(4)45(65)53-57-47(67)35-16-12-31(10-8-6-2)27-41(35)61/h11-18,24-29,58-61H,5-10,19-23H2,1-4H3,(H,50,62)(H,51,63)(H,52,64)(H,53,65)(H,54,68)(H,55,69)(H,56,66)(H,57,67). The fourth-order valence-electron chi connectivity index (χ4n) is 6.49. The molecule has 2 unspecified atom stereocenters. The van der Waals surface area contributed by atoms with E-state index in [1.165, 1.54) is 60.7 Å². The Balaban J connectivity index is 1.16. The third-order valence-corrected chi connectivity index (χ3v) is 12.9. The molecule has 0 bridgehead atoms. The van der Waals surface area contributed by atoms with Crippen LogP contribution in [0.15, 0.2) is 72.8 Å². The highest BCUT2D eigenvalue weighted by Crippen LogP contribution is 2.25. The number of thioether (sulfide) groups is 2. The number of hydrogen-bond donors (Lipinski definition) is 12. The lowest BCUT2D eigenvalue weighted by molar-refractivity contribution is -0.122. The van der Waals surface area contributed by atoms with Gasteiger partial charge in [-0.15, -0.1) is 23.5 Å². The zero-order valence-electron chi connectivity index (χ0n) is 39.7. The average Bonchev–Trinajstić information content (AvgIpc) is 3.35. The van der Waals surface area contributed by atoms with Crippen LogP contribution >= 0.6 is 23.5 Å². The van der Waals surface area contributed by atoms with Crippen LogP contribution in [-0.2, 0) is 38.4 Å². The van der Waals surface area contributed by atoms with Gasteiger partial charge in [0.15, 0.2) is 0 Å². The monoisotopic (exact) mass is 1020 g/mol. The van der Waals surface area contributed by atoms with Crippen molar-refractivity contribution in [2.45, 2.75) is 96.0 Å². The average molecular weight is 1020 g/mol. The van der Waals surface area contributed by atoms with E-state index in [2.05, 4.69) is 43.4 Å². The van der Waals surface area contributed by atoms with E-state index in [1.807, 2.05) is 13.8 Å². The van der Waals surface area contributed by atoms with Gasteiger partial charge >= 0.3 is 0 Å². The highest BCUT2D eigenvalue weighted by molar-refractivity contribution is 8.00. The second-order valence-electron chi connectivity index (χ2n) is 16.2. The summed E-state index contributed by atoms with van der Waals surface area (Å²) >= 11 is 2.22. The number of benzene rings is 4. The number of hydrogen-bond acceptors (Lipinski definition) is 14. The molecule has 22 heteroatoms. The first-order valence-electron chi connectivity index (χ1n) is 22.8. The molecular formula is C49H60N8O12S2. The van der Waals surface area contributed by atoms with Crippen LogP contribution in [0.3, 0.4) is 0 Å². The van der Waals surface area contributed by atoms with Crippen molar-refractivity contribution in [3.63, 3.8) is 0 Å². The van der Waals surface area contributed by atoms with Gasteiger partial charge in [0, 0.05) is 24.3 Å². The number of phenolic OH excluding ortho intramolecular Hbond substituents is 4. The number of aromatic hydroxyl groups is 4. The molecule has 0 saturated heterocycles. The van der Waals surface area contributed by atoms with Crippen molar-refractivity contribution in [1.29, 1.82) is 0 Å². The highest BCUT2D eigenvalue weighted by Gasteiger charge is 2.21. The Morgan fingerprint density at radius 3 is 1.15 bits per heavy atom. The molecule has 4 rings (SSSR count). The molecule has 2 atom stereocenters. The van der Waals surface area contributed by atoms with Crippen LogP contribution < -0.4 is 43.4 Å². The Bertz CT molecular complexity index is 2410. The Morgan fingerprint density at radius 2 is 0.789 bits per heavy atom. The van der Waals surface area contributed by atoms with E-state index in [-0.39, 0.29) is 76.0 Å². The van der Waals surface area contributed by atoms with E-state index in [0.29, 0.717) is 11.1 Å². The van der Waals surface area contributed by atoms with Crippen LogP contribution in [0.1, 0.15) is 130 Å². The summed E-state index contributed by atoms with van der Waals surface area (Å²) in [6, 6.07) is 17.8. The number of nitrogens with one attached hydrogen (secondary N) is 8. The molecule has 0 radical (unpaired) electrons. The predicted molar refractivity (Wildman–Crippen MR) is 268 cm³/mol. The molecule has 0 fully saturated rings. The summed E-state index contributed by atoms with van der Waals surface area (Å²) in [5, 5.41) is 40.0. The molecule has 0 heterocycles. The largest absolute Gasteiger partial charge is 0.507 e. The molecule has 380 valence electrons. The molecule has 8 amide bonds. The van der Waals surface area contributed by atoms with Gasteiger partial charge in [-0.05, 0) is 117 Å². The summed E-state index contributed by atoms with van der Waals surface area (Å²) in [6.07, 6.45) is 5.27. The first-order valence-corrected chi connectivity index (χ1v) is 24.9. The van der Waals surface area contributed by atoms with Crippen LogP contribution in [0, 0.1) is 0 Å². The summed E-state index contributed by atoms with van der Waals surface area (Å²) in [7, 11) is 0. The molecule has 71 heavy (non-hydrogen) atoms. The number of aryl methyl sites for hydroxylation is 2. The highest BCUT2D eigenvalue weighted by atomic mass is 32.2. The quantitative estimate of drug-likeness (QED) is 0.0490. The minimum atomic E-state index is -0.835. The van der Waals surface area contributed by atoms with Crippen molar-refractivity contribution in [2.75, 3.05) is 11.5 Å². The van der Waals surface area contributed by atoms with Gasteiger partial charge in [0.1, 0.15) is 23.0 Å². The molecule has 0 spiro atoms. The maximum atomic E-state index is 13.0. The van der Waals surface area contributed by atoms with Gasteiger partial charge < -0.3 is 20.4 Å². The number of amides is 8. The summed E-state index contributed by atoms with van der Waals surface area (Å²) in [6.45, 7) is 7.24. The minimum Gasteiger partial charge on any atom is -0.507 e. The lowest BCUT2D eigenvalue weighted by Crippen LogP contribution is -2.45. The number of carbonyl (C=O) groups is 8. The number of unbranched alkanes of at least 4 members (excludes halogenated alkanes) is 2. The summed E-state index contributed by atoms with van der Waals surface area (Å²) in [4.78, 5) is 101. The van der Waals surface area contributed by atoms with E-state index in [1.54, 1.807) is 26.0 Å². The van der Waals surface area contributed by atoms with E-state index in [0.717, 1.165) is 73.2 Å². The van der Waals surface area contributed by atoms with Gasteiger partial charge in [0.05, 0.1) is 32.8 Å². The van der Waals surface area contributed by atoms with Gasteiger partial charge in [-0.1, -0.05) is 51.0 Å². The molecule has 0 aliphatic heterocycles. The van der Waals surface area contributed by atoms with Crippen molar-refractivity contribution in [1.82, 2.24) is 43.4 Å². The fraction of sp³-hybridized carbons (Fsp3) is 0.347. The van der Waals surface area contributed by atoms with Crippen molar-refractivity contribution >= 4 is 70.8 Å². The zero-order chi connectivity index (χ0) is 52.0. The Kier molecular flexibility index (Phi) is 22.3. The normalized spacial score (nSPS) is 11.5. The van der Waals surface area contributed by atoms with Crippen LogP contribution in [0.25, 0.3) is 0 Å². The van der Waals surface area contributed by atoms with E-state index in [9.17, 15) is 58.8 Å². The minimum absolute atomic E-state index is 0.000300. The molecule has 0 saturated carbocycles.